The first-order valence-corrected chi connectivity index (χ1v) is 5.76. The largest absolute Gasteiger partial charge is 0.350 e. The molecule has 88 valence electrons. The second-order valence-electron chi connectivity index (χ2n) is 3.74. The molecule has 3 nitrogen and oxygen atoms in total. The third-order valence-corrected chi connectivity index (χ3v) is 2.57. The second kappa shape index (κ2) is 6.51. The highest BCUT2D eigenvalue weighted by molar-refractivity contribution is 6.30. The Kier molecular flexibility index (Phi) is 5.29. The van der Waals surface area contributed by atoms with Crippen molar-refractivity contribution in [3.63, 3.8) is 0 Å². The lowest BCUT2D eigenvalue weighted by Crippen LogP contribution is -2.26. The van der Waals surface area contributed by atoms with Gasteiger partial charge in [0.1, 0.15) is 0 Å². The third-order valence-electron chi connectivity index (χ3n) is 2.33. The fourth-order valence-electron chi connectivity index (χ4n) is 1.44. The summed E-state index contributed by atoms with van der Waals surface area (Å²) in [6.07, 6.45) is 1.19. The molecule has 1 aromatic carbocycles. The normalized spacial score (nSPS) is 12.2. The van der Waals surface area contributed by atoms with E-state index in [2.05, 4.69) is 5.32 Å². The van der Waals surface area contributed by atoms with Crippen LogP contribution in [0.15, 0.2) is 24.3 Å². The Balaban J connectivity index is 2.52. The van der Waals surface area contributed by atoms with E-state index < -0.39 is 0 Å². The number of carbonyl (C=O) groups excluding carboxylic acids is 1. The molecule has 0 saturated heterocycles. The van der Waals surface area contributed by atoms with Gasteiger partial charge in [-0.25, -0.2) is 0 Å². The third kappa shape index (κ3) is 4.21. The number of carbonyl (C=O) groups is 1. The van der Waals surface area contributed by atoms with Crippen LogP contribution in [0.25, 0.3) is 0 Å². The van der Waals surface area contributed by atoms with Gasteiger partial charge in [0.2, 0.25) is 5.91 Å². The van der Waals surface area contributed by atoms with E-state index in [4.69, 9.17) is 17.3 Å². The van der Waals surface area contributed by atoms with Crippen molar-refractivity contribution in [2.75, 3.05) is 6.54 Å². The van der Waals surface area contributed by atoms with E-state index >= 15 is 0 Å². The zero-order chi connectivity index (χ0) is 12.0. The molecule has 16 heavy (non-hydrogen) atoms. The SMILES string of the molecule is C[C@@H](NC(=O)CCCN)c1cccc(Cl)c1. The minimum Gasteiger partial charge on any atom is -0.350 e. The molecule has 1 amide bonds. The predicted molar refractivity (Wildman–Crippen MR) is 66.3 cm³/mol. The number of nitrogens with two attached hydrogens (primary N) is 1. The first kappa shape index (κ1) is 13.0. The molecule has 0 bridgehead atoms. The molecule has 3 N–H and O–H groups in total. The first-order valence-electron chi connectivity index (χ1n) is 5.38. The summed E-state index contributed by atoms with van der Waals surface area (Å²) in [6, 6.07) is 7.47. The van der Waals surface area contributed by atoms with Gasteiger partial charge in [0.05, 0.1) is 6.04 Å². The number of benzene rings is 1. The maximum atomic E-state index is 11.5. The summed E-state index contributed by atoms with van der Waals surface area (Å²) in [5.74, 6) is 0.0259. The van der Waals surface area contributed by atoms with Gasteiger partial charge in [-0.3, -0.25) is 4.79 Å². The van der Waals surface area contributed by atoms with Crippen LogP contribution in [0.5, 0.6) is 0 Å². The van der Waals surface area contributed by atoms with E-state index in [-0.39, 0.29) is 11.9 Å². The number of amides is 1. The van der Waals surface area contributed by atoms with Gasteiger partial charge in [-0.1, -0.05) is 23.7 Å². The average Bonchev–Trinajstić information content (AvgIpc) is 2.26. The van der Waals surface area contributed by atoms with Crippen molar-refractivity contribution in [1.82, 2.24) is 5.32 Å². The van der Waals surface area contributed by atoms with Crippen LogP contribution in [0.1, 0.15) is 31.4 Å². The Labute approximate surface area is 101 Å². The van der Waals surface area contributed by atoms with Crippen LogP contribution in [0, 0.1) is 0 Å². The van der Waals surface area contributed by atoms with Gasteiger partial charge in [-0.2, -0.15) is 0 Å². The van der Waals surface area contributed by atoms with Crippen molar-refractivity contribution >= 4 is 17.5 Å². The van der Waals surface area contributed by atoms with Gasteiger partial charge in [0.25, 0.3) is 0 Å². The molecule has 0 spiro atoms. The van der Waals surface area contributed by atoms with Gasteiger partial charge in [0.15, 0.2) is 0 Å². The van der Waals surface area contributed by atoms with Crippen LogP contribution in [0.3, 0.4) is 0 Å². The molecule has 0 aliphatic rings. The van der Waals surface area contributed by atoms with Gasteiger partial charge < -0.3 is 11.1 Å². The van der Waals surface area contributed by atoms with Gasteiger partial charge in [-0.15, -0.1) is 0 Å². The Hall–Kier alpha value is -1.06. The van der Waals surface area contributed by atoms with Crippen LogP contribution >= 0.6 is 11.6 Å². The molecule has 0 aromatic heterocycles. The molecule has 0 saturated carbocycles. The van der Waals surface area contributed by atoms with Gasteiger partial charge >= 0.3 is 0 Å². The molecule has 0 unspecified atom stereocenters. The van der Waals surface area contributed by atoms with E-state index in [1.807, 2.05) is 31.2 Å². The monoisotopic (exact) mass is 240 g/mol. The maximum Gasteiger partial charge on any atom is 0.220 e. The molecular formula is C12H17ClN2O. The molecule has 0 aliphatic carbocycles. The van der Waals surface area contributed by atoms with Gasteiger partial charge in [-0.05, 0) is 37.6 Å². The fraction of sp³-hybridized carbons (Fsp3) is 0.417. The summed E-state index contributed by atoms with van der Waals surface area (Å²) in [6.45, 7) is 2.48. The van der Waals surface area contributed by atoms with E-state index in [1.165, 1.54) is 0 Å². The molecule has 0 heterocycles. The first-order chi connectivity index (χ1) is 7.63. The quantitative estimate of drug-likeness (QED) is 0.830. The number of rotatable bonds is 5. The highest BCUT2D eigenvalue weighted by atomic mass is 35.5. The van der Waals surface area contributed by atoms with Crippen molar-refractivity contribution < 1.29 is 4.79 Å². The van der Waals surface area contributed by atoms with Crippen LogP contribution in [-0.2, 0) is 4.79 Å². The lowest BCUT2D eigenvalue weighted by Gasteiger charge is -2.14. The summed E-state index contributed by atoms with van der Waals surface area (Å²) in [7, 11) is 0. The molecule has 0 fully saturated rings. The fourth-order valence-corrected chi connectivity index (χ4v) is 1.63. The van der Waals surface area contributed by atoms with E-state index in [9.17, 15) is 4.79 Å². The minimum absolute atomic E-state index is 0.0241. The van der Waals surface area contributed by atoms with E-state index in [0.717, 1.165) is 5.56 Å². The zero-order valence-electron chi connectivity index (χ0n) is 9.37. The lowest BCUT2D eigenvalue weighted by atomic mass is 10.1. The Morgan fingerprint density at radius 1 is 1.56 bits per heavy atom. The highest BCUT2D eigenvalue weighted by Gasteiger charge is 2.08. The van der Waals surface area contributed by atoms with Crippen molar-refractivity contribution in [1.29, 1.82) is 0 Å². The number of halogens is 1. The standard InChI is InChI=1S/C12H17ClN2O/c1-9(15-12(16)6-3-7-14)10-4-2-5-11(13)8-10/h2,4-5,8-9H,3,6-7,14H2,1H3,(H,15,16)/t9-/m1/s1. The Bertz CT molecular complexity index is 355. The summed E-state index contributed by atoms with van der Waals surface area (Å²) in [4.78, 5) is 11.5. The predicted octanol–water partition coefficient (Wildman–Crippen LogP) is 2.26. The van der Waals surface area contributed by atoms with Gasteiger partial charge in [0, 0.05) is 11.4 Å². The van der Waals surface area contributed by atoms with E-state index in [1.54, 1.807) is 0 Å². The molecule has 1 atom stereocenters. The molecular weight excluding hydrogens is 224 g/mol. The topological polar surface area (TPSA) is 55.1 Å². The Morgan fingerprint density at radius 2 is 2.31 bits per heavy atom. The van der Waals surface area contributed by atoms with Crippen LogP contribution < -0.4 is 11.1 Å². The van der Waals surface area contributed by atoms with Crippen LogP contribution in [-0.4, -0.2) is 12.5 Å². The van der Waals surface area contributed by atoms with Crippen molar-refractivity contribution in [3.05, 3.63) is 34.9 Å². The van der Waals surface area contributed by atoms with E-state index in [0.29, 0.717) is 24.4 Å². The number of hydrogen-bond donors (Lipinski definition) is 2. The smallest absolute Gasteiger partial charge is 0.220 e. The summed E-state index contributed by atoms with van der Waals surface area (Å²) >= 11 is 5.88. The molecule has 1 aromatic rings. The molecule has 0 aliphatic heterocycles. The second-order valence-corrected chi connectivity index (χ2v) is 4.17. The summed E-state index contributed by atoms with van der Waals surface area (Å²) in [5.41, 5.74) is 6.35. The van der Waals surface area contributed by atoms with Crippen LogP contribution in [0.2, 0.25) is 5.02 Å². The van der Waals surface area contributed by atoms with Crippen molar-refractivity contribution in [2.24, 2.45) is 5.73 Å². The molecule has 1 rings (SSSR count). The number of nitrogens with one attached hydrogen (secondary N) is 1. The average molecular weight is 241 g/mol. The Morgan fingerprint density at radius 3 is 2.94 bits per heavy atom. The van der Waals surface area contributed by atoms with Crippen molar-refractivity contribution in [2.45, 2.75) is 25.8 Å². The number of hydrogen-bond acceptors (Lipinski definition) is 2. The highest BCUT2D eigenvalue weighted by Crippen LogP contribution is 2.17. The summed E-state index contributed by atoms with van der Waals surface area (Å²) in [5, 5.41) is 3.59. The van der Waals surface area contributed by atoms with Crippen molar-refractivity contribution in [3.8, 4) is 0 Å². The molecule has 4 heteroatoms. The zero-order valence-corrected chi connectivity index (χ0v) is 10.1. The lowest BCUT2D eigenvalue weighted by molar-refractivity contribution is -0.121. The molecule has 0 radical (unpaired) electrons. The minimum atomic E-state index is -0.0241. The maximum absolute atomic E-state index is 11.5. The summed E-state index contributed by atoms with van der Waals surface area (Å²) < 4.78 is 0. The van der Waals surface area contributed by atoms with Crippen LogP contribution in [0.4, 0.5) is 0 Å².